The van der Waals surface area contributed by atoms with Crippen molar-refractivity contribution in [2.45, 2.75) is 13.8 Å². The minimum absolute atomic E-state index is 0. The number of nitrogens with two attached hydrogens (primary N) is 1. The van der Waals surface area contributed by atoms with Crippen LogP contribution >= 0.6 is 24.0 Å². The molecule has 5 nitrogen and oxygen atoms in total. The average Bonchev–Trinajstić information content (AvgIpc) is 2.55. The third kappa shape index (κ3) is 6.19. The van der Waals surface area contributed by atoms with Gasteiger partial charge in [0.2, 0.25) is 0 Å². The predicted octanol–water partition coefficient (Wildman–Crippen LogP) is 3.08. The Morgan fingerprint density at radius 3 is 2.46 bits per heavy atom. The molecule has 2 rings (SSSR count). The number of guanidine groups is 1. The van der Waals surface area contributed by atoms with Gasteiger partial charge in [-0.25, -0.2) is 0 Å². The van der Waals surface area contributed by atoms with Crippen LogP contribution in [0.25, 0.3) is 0 Å². The van der Waals surface area contributed by atoms with Gasteiger partial charge < -0.3 is 16.4 Å². The summed E-state index contributed by atoms with van der Waals surface area (Å²) in [7, 11) is 0. The summed E-state index contributed by atoms with van der Waals surface area (Å²) in [6.45, 7) is 4.96. The quantitative estimate of drug-likeness (QED) is 0.291. The van der Waals surface area contributed by atoms with Gasteiger partial charge in [-0.1, -0.05) is 24.3 Å². The molecule has 4 N–H and O–H groups in total. The van der Waals surface area contributed by atoms with Gasteiger partial charge in [0.25, 0.3) is 5.91 Å². The van der Waals surface area contributed by atoms with Gasteiger partial charge in [-0.3, -0.25) is 9.79 Å². The first-order valence-corrected chi connectivity index (χ1v) is 7.53. The number of hydrogen-bond acceptors (Lipinski definition) is 2. The van der Waals surface area contributed by atoms with Crippen molar-refractivity contribution in [3.05, 3.63) is 65.2 Å². The number of amides is 1. The van der Waals surface area contributed by atoms with Gasteiger partial charge in [-0.2, -0.15) is 0 Å². The third-order valence-electron chi connectivity index (χ3n) is 3.49. The summed E-state index contributed by atoms with van der Waals surface area (Å²) in [6.07, 6.45) is 0. The SMILES string of the molecule is Cc1ccc(NC(N)=NCCNC(=O)c2ccccc2)cc1C.I. The molecule has 0 spiro atoms. The fourth-order valence-corrected chi connectivity index (χ4v) is 2.04. The summed E-state index contributed by atoms with van der Waals surface area (Å²) in [5.74, 6) is 0.226. The molecule has 0 heterocycles. The Hall–Kier alpha value is -2.09. The van der Waals surface area contributed by atoms with E-state index in [0.29, 0.717) is 24.6 Å². The highest BCUT2D eigenvalue weighted by molar-refractivity contribution is 14.0. The van der Waals surface area contributed by atoms with Crippen LogP contribution in [-0.2, 0) is 0 Å². The first-order chi connectivity index (χ1) is 11.1. The van der Waals surface area contributed by atoms with Gasteiger partial charge in [-0.15, -0.1) is 24.0 Å². The maximum absolute atomic E-state index is 11.8. The molecule has 0 saturated carbocycles. The molecule has 0 fully saturated rings. The Morgan fingerprint density at radius 2 is 1.79 bits per heavy atom. The lowest BCUT2D eigenvalue weighted by Crippen LogP contribution is -2.28. The summed E-state index contributed by atoms with van der Waals surface area (Å²) in [5, 5.41) is 5.85. The van der Waals surface area contributed by atoms with Crippen LogP contribution in [0.4, 0.5) is 5.69 Å². The van der Waals surface area contributed by atoms with E-state index in [1.54, 1.807) is 12.1 Å². The zero-order valence-electron chi connectivity index (χ0n) is 13.9. The first-order valence-electron chi connectivity index (χ1n) is 7.53. The van der Waals surface area contributed by atoms with Gasteiger partial charge in [0.15, 0.2) is 5.96 Å². The van der Waals surface area contributed by atoms with Crippen LogP contribution in [0.15, 0.2) is 53.5 Å². The van der Waals surface area contributed by atoms with Gasteiger partial charge in [0.05, 0.1) is 6.54 Å². The molecule has 0 atom stereocenters. The van der Waals surface area contributed by atoms with Crippen molar-refractivity contribution in [3.8, 4) is 0 Å². The largest absolute Gasteiger partial charge is 0.370 e. The molecule has 128 valence electrons. The number of aliphatic imine (C=N–C) groups is 1. The molecule has 0 aliphatic heterocycles. The van der Waals surface area contributed by atoms with Crippen molar-refractivity contribution < 1.29 is 4.79 Å². The van der Waals surface area contributed by atoms with E-state index in [9.17, 15) is 4.79 Å². The van der Waals surface area contributed by atoms with E-state index in [-0.39, 0.29) is 29.9 Å². The molecule has 0 bridgehead atoms. The van der Waals surface area contributed by atoms with Crippen molar-refractivity contribution >= 4 is 41.5 Å². The normalized spacial score (nSPS) is 10.7. The number of anilines is 1. The zero-order valence-corrected chi connectivity index (χ0v) is 16.2. The molecule has 0 radical (unpaired) electrons. The number of nitrogens with zero attached hydrogens (tertiary/aromatic N) is 1. The molecule has 0 unspecified atom stereocenters. The lowest BCUT2D eigenvalue weighted by molar-refractivity contribution is 0.0955. The lowest BCUT2D eigenvalue weighted by atomic mass is 10.1. The van der Waals surface area contributed by atoms with Gasteiger partial charge in [0.1, 0.15) is 0 Å². The second-order valence-electron chi connectivity index (χ2n) is 5.31. The fraction of sp³-hybridized carbons (Fsp3) is 0.222. The third-order valence-corrected chi connectivity index (χ3v) is 3.49. The van der Waals surface area contributed by atoms with Crippen molar-refractivity contribution in [1.82, 2.24) is 5.32 Å². The number of aryl methyl sites for hydroxylation is 2. The fourth-order valence-electron chi connectivity index (χ4n) is 2.04. The molecule has 2 aromatic rings. The standard InChI is InChI=1S/C18H22N4O.HI/c1-13-8-9-16(12-14(13)2)22-18(19)21-11-10-20-17(23)15-6-4-3-5-7-15;/h3-9,12H,10-11H2,1-2H3,(H,20,23)(H3,19,21,22);1H. The van der Waals surface area contributed by atoms with Crippen LogP contribution in [0.1, 0.15) is 21.5 Å². The number of carbonyl (C=O) groups is 1. The summed E-state index contributed by atoms with van der Waals surface area (Å²) in [5.41, 5.74) is 9.81. The Bertz CT molecular complexity index is 701. The maximum Gasteiger partial charge on any atom is 0.251 e. The highest BCUT2D eigenvalue weighted by Gasteiger charge is 2.02. The lowest BCUT2D eigenvalue weighted by Gasteiger charge is -2.08. The zero-order chi connectivity index (χ0) is 16.7. The van der Waals surface area contributed by atoms with Crippen molar-refractivity contribution in [2.75, 3.05) is 18.4 Å². The number of hydrogen-bond donors (Lipinski definition) is 3. The molecule has 0 aliphatic carbocycles. The number of nitrogens with one attached hydrogen (secondary N) is 2. The molecular formula is C18H23IN4O. The number of benzene rings is 2. The molecule has 6 heteroatoms. The van der Waals surface area contributed by atoms with Crippen molar-refractivity contribution in [1.29, 1.82) is 0 Å². The van der Waals surface area contributed by atoms with E-state index in [1.807, 2.05) is 43.3 Å². The molecule has 24 heavy (non-hydrogen) atoms. The Kier molecular flexibility index (Phi) is 8.25. The summed E-state index contributed by atoms with van der Waals surface area (Å²) in [4.78, 5) is 16.0. The number of rotatable bonds is 5. The topological polar surface area (TPSA) is 79.5 Å². The summed E-state index contributed by atoms with van der Waals surface area (Å²) >= 11 is 0. The highest BCUT2D eigenvalue weighted by atomic mass is 127. The monoisotopic (exact) mass is 438 g/mol. The van der Waals surface area contributed by atoms with Gasteiger partial charge in [-0.05, 0) is 49.2 Å². The Labute approximate surface area is 159 Å². The van der Waals surface area contributed by atoms with E-state index in [2.05, 4.69) is 22.5 Å². The number of halogens is 1. The summed E-state index contributed by atoms with van der Waals surface area (Å²) in [6, 6.07) is 15.1. The Balaban J connectivity index is 0.00000288. The van der Waals surface area contributed by atoms with E-state index >= 15 is 0 Å². The first kappa shape index (κ1) is 20.0. The highest BCUT2D eigenvalue weighted by Crippen LogP contribution is 2.13. The van der Waals surface area contributed by atoms with Crippen LogP contribution in [0.3, 0.4) is 0 Å². The van der Waals surface area contributed by atoms with Gasteiger partial charge in [0, 0.05) is 17.8 Å². The minimum Gasteiger partial charge on any atom is -0.370 e. The van der Waals surface area contributed by atoms with E-state index in [0.717, 1.165) is 5.69 Å². The van der Waals surface area contributed by atoms with Crippen molar-refractivity contribution in [2.24, 2.45) is 10.7 Å². The molecular weight excluding hydrogens is 415 g/mol. The number of carbonyl (C=O) groups excluding carboxylic acids is 1. The second-order valence-corrected chi connectivity index (χ2v) is 5.31. The second kappa shape index (κ2) is 9.92. The van der Waals surface area contributed by atoms with Crippen LogP contribution in [0.5, 0.6) is 0 Å². The Morgan fingerprint density at radius 1 is 1.08 bits per heavy atom. The van der Waals surface area contributed by atoms with Crippen LogP contribution < -0.4 is 16.4 Å². The van der Waals surface area contributed by atoms with E-state index in [4.69, 9.17) is 5.73 Å². The molecule has 1 amide bonds. The molecule has 0 aliphatic rings. The van der Waals surface area contributed by atoms with E-state index < -0.39 is 0 Å². The van der Waals surface area contributed by atoms with Crippen LogP contribution in [0, 0.1) is 13.8 Å². The molecule has 0 aromatic heterocycles. The minimum atomic E-state index is -0.110. The molecule has 2 aromatic carbocycles. The van der Waals surface area contributed by atoms with Crippen LogP contribution in [-0.4, -0.2) is 25.0 Å². The molecule has 0 saturated heterocycles. The van der Waals surface area contributed by atoms with Gasteiger partial charge >= 0.3 is 0 Å². The van der Waals surface area contributed by atoms with E-state index in [1.165, 1.54) is 11.1 Å². The maximum atomic E-state index is 11.8. The van der Waals surface area contributed by atoms with Crippen molar-refractivity contribution in [3.63, 3.8) is 0 Å². The summed E-state index contributed by atoms with van der Waals surface area (Å²) < 4.78 is 0. The van der Waals surface area contributed by atoms with Crippen LogP contribution in [0.2, 0.25) is 0 Å². The average molecular weight is 438 g/mol. The smallest absolute Gasteiger partial charge is 0.251 e. The predicted molar refractivity (Wildman–Crippen MR) is 110 cm³/mol.